The van der Waals surface area contributed by atoms with Gasteiger partial charge >= 0.3 is 0 Å². The number of aryl methyl sites for hydroxylation is 3. The fraction of sp³-hybridized carbons (Fsp3) is 0.300. The number of benzene rings is 2. The number of hydrogen-bond donors (Lipinski definition) is 1. The van der Waals surface area contributed by atoms with Gasteiger partial charge in [0.25, 0.3) is 0 Å². The van der Waals surface area contributed by atoms with Crippen molar-refractivity contribution in [2.45, 2.75) is 32.9 Å². The molecule has 0 aliphatic heterocycles. The predicted octanol–water partition coefficient (Wildman–Crippen LogP) is 3.72. The van der Waals surface area contributed by atoms with Crippen molar-refractivity contribution in [2.75, 3.05) is 17.7 Å². The van der Waals surface area contributed by atoms with Gasteiger partial charge < -0.3 is 10.1 Å². The highest BCUT2D eigenvalue weighted by Crippen LogP contribution is 2.26. The smallest absolute Gasteiger partial charge is 0.234 e. The number of carbonyl (C=O) groups excluding carboxylic acids is 1. The van der Waals surface area contributed by atoms with E-state index in [2.05, 4.69) is 33.0 Å². The lowest BCUT2D eigenvalue weighted by atomic mass is 10.1. The number of carbonyl (C=O) groups is 1. The van der Waals surface area contributed by atoms with Crippen LogP contribution in [0.4, 0.5) is 5.69 Å². The van der Waals surface area contributed by atoms with Crippen molar-refractivity contribution in [1.82, 2.24) is 20.2 Å². The number of thioether (sulfide) groups is 1. The molecule has 1 heterocycles. The maximum Gasteiger partial charge on any atom is 0.234 e. The molecule has 3 aromatic rings. The van der Waals surface area contributed by atoms with Crippen molar-refractivity contribution in [3.63, 3.8) is 0 Å². The van der Waals surface area contributed by atoms with Crippen molar-refractivity contribution in [1.29, 1.82) is 0 Å². The van der Waals surface area contributed by atoms with Gasteiger partial charge in [0.15, 0.2) is 0 Å². The number of anilines is 1. The standard InChI is InChI=1S/C20H23N5O2S/c1-5-27-17-9-7-6-8-16(17)25-20(22-23-24-25)28-12-18(26)21-19-14(3)10-13(2)11-15(19)4/h6-11H,5,12H2,1-4H3,(H,21,26). The highest BCUT2D eigenvalue weighted by molar-refractivity contribution is 7.99. The summed E-state index contributed by atoms with van der Waals surface area (Å²) in [5.74, 6) is 0.784. The van der Waals surface area contributed by atoms with Crippen LogP contribution in [0.3, 0.4) is 0 Å². The fourth-order valence-corrected chi connectivity index (χ4v) is 3.70. The molecule has 8 heteroatoms. The Morgan fingerprint density at radius 2 is 1.89 bits per heavy atom. The van der Waals surface area contributed by atoms with E-state index in [4.69, 9.17) is 4.74 Å². The largest absolute Gasteiger partial charge is 0.492 e. The number of hydrogen-bond acceptors (Lipinski definition) is 6. The molecule has 2 aromatic carbocycles. The lowest BCUT2D eigenvalue weighted by Gasteiger charge is -2.13. The van der Waals surface area contributed by atoms with Gasteiger partial charge in [0.1, 0.15) is 11.4 Å². The van der Waals surface area contributed by atoms with Crippen LogP contribution in [0.5, 0.6) is 5.75 Å². The first-order valence-electron chi connectivity index (χ1n) is 9.00. The molecular formula is C20H23N5O2S. The summed E-state index contributed by atoms with van der Waals surface area (Å²) < 4.78 is 7.24. The van der Waals surface area contributed by atoms with Gasteiger partial charge in [0.2, 0.25) is 11.1 Å². The third-order valence-corrected chi connectivity index (χ3v) is 5.03. The Labute approximate surface area is 168 Å². The number of rotatable bonds is 7. The minimum Gasteiger partial charge on any atom is -0.492 e. The van der Waals surface area contributed by atoms with E-state index >= 15 is 0 Å². The molecule has 1 N–H and O–H groups in total. The second kappa shape index (κ2) is 8.88. The Bertz CT molecular complexity index is 963. The molecule has 0 bridgehead atoms. The van der Waals surface area contributed by atoms with Crippen LogP contribution >= 0.6 is 11.8 Å². The van der Waals surface area contributed by atoms with E-state index in [0.29, 0.717) is 17.5 Å². The number of amides is 1. The van der Waals surface area contributed by atoms with E-state index in [9.17, 15) is 4.79 Å². The average molecular weight is 398 g/mol. The number of aromatic nitrogens is 4. The molecule has 0 radical (unpaired) electrons. The molecule has 0 atom stereocenters. The second-order valence-corrected chi connectivity index (χ2v) is 7.33. The summed E-state index contributed by atoms with van der Waals surface area (Å²) in [5.41, 5.74) is 4.87. The summed E-state index contributed by atoms with van der Waals surface area (Å²) in [6.45, 7) is 8.49. The van der Waals surface area contributed by atoms with E-state index in [0.717, 1.165) is 22.5 Å². The molecule has 7 nitrogen and oxygen atoms in total. The number of para-hydroxylation sites is 2. The van der Waals surface area contributed by atoms with Crippen molar-refractivity contribution in [3.8, 4) is 11.4 Å². The van der Waals surface area contributed by atoms with E-state index < -0.39 is 0 Å². The summed E-state index contributed by atoms with van der Waals surface area (Å²) in [4.78, 5) is 12.5. The van der Waals surface area contributed by atoms with Crippen molar-refractivity contribution >= 4 is 23.4 Å². The highest BCUT2D eigenvalue weighted by atomic mass is 32.2. The first-order valence-corrected chi connectivity index (χ1v) is 9.99. The zero-order valence-corrected chi connectivity index (χ0v) is 17.2. The molecule has 28 heavy (non-hydrogen) atoms. The Morgan fingerprint density at radius 1 is 1.18 bits per heavy atom. The summed E-state index contributed by atoms with van der Waals surface area (Å²) >= 11 is 1.28. The van der Waals surface area contributed by atoms with Crippen molar-refractivity contribution in [3.05, 3.63) is 53.1 Å². The molecule has 1 aromatic heterocycles. The van der Waals surface area contributed by atoms with E-state index in [-0.39, 0.29) is 11.7 Å². The average Bonchev–Trinajstić information content (AvgIpc) is 3.12. The minimum absolute atomic E-state index is 0.104. The first-order chi connectivity index (χ1) is 13.5. The van der Waals surface area contributed by atoms with Gasteiger partial charge in [-0.3, -0.25) is 4.79 Å². The molecule has 0 spiro atoms. The molecule has 146 valence electrons. The third-order valence-electron chi connectivity index (χ3n) is 4.11. The van der Waals surface area contributed by atoms with Crippen LogP contribution in [0.1, 0.15) is 23.6 Å². The maximum atomic E-state index is 12.5. The van der Waals surface area contributed by atoms with Gasteiger partial charge in [-0.1, -0.05) is 41.6 Å². The molecule has 0 saturated carbocycles. The second-order valence-electron chi connectivity index (χ2n) is 6.38. The molecule has 0 aliphatic carbocycles. The quantitative estimate of drug-likeness (QED) is 0.612. The summed E-state index contributed by atoms with van der Waals surface area (Å²) in [6.07, 6.45) is 0. The van der Waals surface area contributed by atoms with E-state index in [1.165, 1.54) is 17.3 Å². The molecule has 0 saturated heterocycles. The molecule has 0 aliphatic rings. The Morgan fingerprint density at radius 3 is 2.61 bits per heavy atom. The van der Waals surface area contributed by atoms with Gasteiger partial charge in [-0.05, 0) is 61.4 Å². The summed E-state index contributed by atoms with van der Waals surface area (Å²) in [7, 11) is 0. The zero-order valence-electron chi connectivity index (χ0n) is 16.4. The van der Waals surface area contributed by atoms with Crippen LogP contribution in [0, 0.1) is 20.8 Å². The maximum absolute atomic E-state index is 12.5. The van der Waals surface area contributed by atoms with Crippen LogP contribution < -0.4 is 10.1 Å². The minimum atomic E-state index is -0.104. The Hall–Kier alpha value is -2.87. The van der Waals surface area contributed by atoms with E-state index in [1.54, 1.807) is 4.68 Å². The van der Waals surface area contributed by atoms with Gasteiger partial charge in [-0.15, -0.1) is 5.10 Å². The molecular weight excluding hydrogens is 374 g/mol. The van der Waals surface area contributed by atoms with Crippen LogP contribution in [0.15, 0.2) is 41.6 Å². The topological polar surface area (TPSA) is 81.9 Å². The van der Waals surface area contributed by atoms with Gasteiger partial charge in [-0.2, -0.15) is 4.68 Å². The molecule has 1 amide bonds. The first kappa shape index (κ1) is 19.9. The monoisotopic (exact) mass is 397 g/mol. The highest BCUT2D eigenvalue weighted by Gasteiger charge is 2.15. The summed E-state index contributed by atoms with van der Waals surface area (Å²) in [6, 6.07) is 11.6. The molecule has 0 fully saturated rings. The number of nitrogens with zero attached hydrogens (tertiary/aromatic N) is 4. The van der Waals surface area contributed by atoms with Crippen LogP contribution in [0.25, 0.3) is 5.69 Å². The van der Waals surface area contributed by atoms with E-state index in [1.807, 2.05) is 52.0 Å². The Balaban J connectivity index is 1.72. The lowest BCUT2D eigenvalue weighted by molar-refractivity contribution is -0.113. The molecule has 3 rings (SSSR count). The van der Waals surface area contributed by atoms with Gasteiger partial charge in [-0.25, -0.2) is 0 Å². The third kappa shape index (κ3) is 4.51. The van der Waals surface area contributed by atoms with Crippen molar-refractivity contribution in [2.24, 2.45) is 0 Å². The van der Waals surface area contributed by atoms with Crippen LogP contribution in [-0.2, 0) is 4.79 Å². The van der Waals surface area contributed by atoms with Crippen LogP contribution in [-0.4, -0.2) is 38.5 Å². The van der Waals surface area contributed by atoms with Gasteiger partial charge in [0.05, 0.1) is 12.4 Å². The number of ether oxygens (including phenoxy) is 1. The Kier molecular flexibility index (Phi) is 6.30. The number of nitrogens with one attached hydrogen (secondary N) is 1. The number of tetrazole rings is 1. The van der Waals surface area contributed by atoms with Crippen LogP contribution in [0.2, 0.25) is 0 Å². The zero-order chi connectivity index (χ0) is 20.1. The fourth-order valence-electron chi connectivity index (χ4n) is 3.01. The molecule has 0 unspecified atom stereocenters. The van der Waals surface area contributed by atoms with Gasteiger partial charge in [0, 0.05) is 5.69 Å². The normalized spacial score (nSPS) is 10.7. The lowest BCUT2D eigenvalue weighted by Crippen LogP contribution is -2.16. The van der Waals surface area contributed by atoms with Crippen molar-refractivity contribution < 1.29 is 9.53 Å². The predicted molar refractivity (Wildman–Crippen MR) is 110 cm³/mol. The summed E-state index contributed by atoms with van der Waals surface area (Å²) in [5, 5.41) is 15.4. The SMILES string of the molecule is CCOc1ccccc1-n1nnnc1SCC(=O)Nc1c(C)cc(C)cc1C.